The molecule has 0 saturated carbocycles. The van der Waals surface area contributed by atoms with Crippen molar-refractivity contribution >= 4 is 21.5 Å². The number of nitriles is 1. The van der Waals surface area contributed by atoms with Crippen LogP contribution in [-0.2, 0) is 10.0 Å². The van der Waals surface area contributed by atoms with Gasteiger partial charge in [0.05, 0.1) is 23.7 Å². The van der Waals surface area contributed by atoms with Gasteiger partial charge < -0.3 is 11.1 Å². The fourth-order valence-electron chi connectivity index (χ4n) is 2.21. The fraction of sp³-hybridized carbons (Fsp3) is 0.500. The first kappa shape index (κ1) is 14.6. The molecule has 7 nitrogen and oxygen atoms in total. The van der Waals surface area contributed by atoms with Gasteiger partial charge in [-0.25, -0.2) is 17.7 Å². The lowest BCUT2D eigenvalue weighted by atomic mass is 10.1. The molecule has 1 aromatic rings. The number of aromatic nitrogens is 1. The summed E-state index contributed by atoms with van der Waals surface area (Å²) >= 11 is 0. The van der Waals surface area contributed by atoms with Crippen LogP contribution in [0.3, 0.4) is 0 Å². The molecule has 0 unspecified atom stereocenters. The third-order valence-electron chi connectivity index (χ3n) is 3.29. The largest absolute Gasteiger partial charge is 0.397 e. The Bertz CT molecular complexity index is 630. The number of pyridine rings is 1. The lowest BCUT2D eigenvalue weighted by Crippen LogP contribution is -2.42. The first-order chi connectivity index (χ1) is 9.40. The minimum atomic E-state index is -3.12. The highest BCUT2D eigenvalue weighted by Gasteiger charge is 2.25. The van der Waals surface area contributed by atoms with E-state index in [1.165, 1.54) is 16.8 Å². The summed E-state index contributed by atoms with van der Waals surface area (Å²) in [5.74, 6) is 0.500. The van der Waals surface area contributed by atoms with Gasteiger partial charge in [-0.05, 0) is 18.9 Å². The van der Waals surface area contributed by atoms with E-state index in [-0.39, 0.29) is 6.04 Å². The molecular formula is C12H17N5O2S. The van der Waals surface area contributed by atoms with E-state index in [0.717, 1.165) is 0 Å². The third kappa shape index (κ3) is 3.37. The van der Waals surface area contributed by atoms with Gasteiger partial charge in [-0.2, -0.15) is 5.26 Å². The highest BCUT2D eigenvalue weighted by Crippen LogP contribution is 2.20. The number of anilines is 2. The summed E-state index contributed by atoms with van der Waals surface area (Å²) in [5.41, 5.74) is 6.43. The van der Waals surface area contributed by atoms with Gasteiger partial charge in [-0.3, -0.25) is 0 Å². The van der Waals surface area contributed by atoms with Crippen molar-refractivity contribution in [2.24, 2.45) is 0 Å². The number of hydrogen-bond acceptors (Lipinski definition) is 6. The normalized spacial score (nSPS) is 17.6. The Kier molecular flexibility index (Phi) is 4.11. The number of sulfonamides is 1. The number of piperidine rings is 1. The Labute approximate surface area is 118 Å². The molecule has 0 atom stereocenters. The van der Waals surface area contributed by atoms with Crippen molar-refractivity contribution in [3.8, 4) is 6.07 Å². The average molecular weight is 295 g/mol. The zero-order valence-corrected chi connectivity index (χ0v) is 12.0. The second-order valence-electron chi connectivity index (χ2n) is 4.86. The second kappa shape index (κ2) is 5.64. The lowest BCUT2D eigenvalue weighted by molar-refractivity contribution is 0.331. The van der Waals surface area contributed by atoms with Crippen LogP contribution < -0.4 is 11.1 Å². The van der Waals surface area contributed by atoms with E-state index in [0.29, 0.717) is 43.0 Å². The van der Waals surface area contributed by atoms with Gasteiger partial charge in [0.15, 0.2) is 0 Å². The Morgan fingerprint density at radius 2 is 2.15 bits per heavy atom. The van der Waals surface area contributed by atoms with Crippen molar-refractivity contribution < 1.29 is 8.42 Å². The van der Waals surface area contributed by atoms with Crippen molar-refractivity contribution in [3.05, 3.63) is 17.8 Å². The molecule has 1 fully saturated rings. The maximum atomic E-state index is 11.4. The molecule has 1 aliphatic rings. The Morgan fingerprint density at radius 1 is 1.50 bits per heavy atom. The molecule has 0 spiro atoms. The average Bonchev–Trinajstić information content (AvgIpc) is 2.40. The van der Waals surface area contributed by atoms with E-state index < -0.39 is 10.0 Å². The van der Waals surface area contributed by atoms with E-state index in [4.69, 9.17) is 11.0 Å². The smallest absolute Gasteiger partial charge is 0.211 e. The van der Waals surface area contributed by atoms with Crippen LogP contribution in [0.4, 0.5) is 11.5 Å². The predicted molar refractivity (Wildman–Crippen MR) is 76.4 cm³/mol. The molecule has 2 heterocycles. The summed E-state index contributed by atoms with van der Waals surface area (Å²) in [4.78, 5) is 4.12. The summed E-state index contributed by atoms with van der Waals surface area (Å²) < 4.78 is 24.3. The molecule has 2 rings (SSSR count). The van der Waals surface area contributed by atoms with E-state index in [9.17, 15) is 8.42 Å². The molecule has 0 amide bonds. The zero-order chi connectivity index (χ0) is 14.8. The molecule has 1 aromatic heterocycles. The number of nitrogens with zero attached hydrogens (tertiary/aromatic N) is 3. The van der Waals surface area contributed by atoms with E-state index >= 15 is 0 Å². The quantitative estimate of drug-likeness (QED) is 0.833. The second-order valence-corrected chi connectivity index (χ2v) is 6.84. The van der Waals surface area contributed by atoms with Crippen LogP contribution in [0.2, 0.25) is 0 Å². The van der Waals surface area contributed by atoms with Gasteiger partial charge >= 0.3 is 0 Å². The van der Waals surface area contributed by atoms with Crippen LogP contribution >= 0.6 is 0 Å². The van der Waals surface area contributed by atoms with E-state index in [2.05, 4.69) is 10.3 Å². The van der Waals surface area contributed by atoms with E-state index in [1.807, 2.05) is 6.07 Å². The molecule has 0 aliphatic carbocycles. The molecule has 1 saturated heterocycles. The summed E-state index contributed by atoms with van der Waals surface area (Å²) in [6.07, 6.45) is 4.08. The summed E-state index contributed by atoms with van der Waals surface area (Å²) in [7, 11) is -3.12. The standard InChI is InChI=1S/C12H17N5O2S/c1-20(18,19)17-4-2-11(3-5-17)16-12-9(7-13)6-10(14)8-15-12/h6,8,11H,2-5,14H2,1H3,(H,15,16). The van der Waals surface area contributed by atoms with Crippen LogP contribution in [0.25, 0.3) is 0 Å². The van der Waals surface area contributed by atoms with Gasteiger partial charge in [-0.15, -0.1) is 0 Å². The van der Waals surface area contributed by atoms with Crippen molar-refractivity contribution in [3.63, 3.8) is 0 Å². The highest BCUT2D eigenvalue weighted by atomic mass is 32.2. The highest BCUT2D eigenvalue weighted by molar-refractivity contribution is 7.88. The summed E-state index contributed by atoms with van der Waals surface area (Å²) in [5, 5.41) is 12.2. The number of nitrogens with two attached hydrogens (primary N) is 1. The molecule has 20 heavy (non-hydrogen) atoms. The van der Waals surface area contributed by atoms with Gasteiger partial charge in [0, 0.05) is 19.1 Å². The Morgan fingerprint density at radius 3 is 2.70 bits per heavy atom. The molecule has 1 aliphatic heterocycles. The minimum absolute atomic E-state index is 0.108. The molecule has 0 bridgehead atoms. The number of rotatable bonds is 3. The first-order valence-electron chi connectivity index (χ1n) is 6.27. The molecule has 0 aromatic carbocycles. The molecule has 8 heteroatoms. The first-order valence-corrected chi connectivity index (χ1v) is 8.12. The Balaban J connectivity index is 2.02. The van der Waals surface area contributed by atoms with Crippen molar-refractivity contribution in [1.29, 1.82) is 5.26 Å². The predicted octanol–water partition coefficient (Wildman–Crippen LogP) is 0.371. The summed E-state index contributed by atoms with van der Waals surface area (Å²) in [6, 6.07) is 3.73. The SMILES string of the molecule is CS(=O)(=O)N1CCC(Nc2ncc(N)cc2C#N)CC1. The maximum absolute atomic E-state index is 11.4. The summed E-state index contributed by atoms with van der Waals surface area (Å²) in [6.45, 7) is 0.959. The third-order valence-corrected chi connectivity index (χ3v) is 4.60. The van der Waals surface area contributed by atoms with Crippen LogP contribution in [0, 0.1) is 11.3 Å². The molecule has 3 N–H and O–H groups in total. The monoisotopic (exact) mass is 295 g/mol. The molecule has 0 radical (unpaired) electrons. The number of nitrogen functional groups attached to an aromatic ring is 1. The van der Waals surface area contributed by atoms with Crippen LogP contribution in [0.1, 0.15) is 18.4 Å². The Hall–Kier alpha value is -1.85. The minimum Gasteiger partial charge on any atom is -0.397 e. The topological polar surface area (TPSA) is 112 Å². The molecular weight excluding hydrogens is 278 g/mol. The lowest BCUT2D eigenvalue weighted by Gasteiger charge is -2.31. The zero-order valence-electron chi connectivity index (χ0n) is 11.2. The van der Waals surface area contributed by atoms with Crippen LogP contribution in [0.15, 0.2) is 12.3 Å². The molecule has 108 valence electrons. The van der Waals surface area contributed by atoms with Gasteiger partial charge in [0.1, 0.15) is 11.9 Å². The van der Waals surface area contributed by atoms with Crippen LogP contribution in [-0.4, -0.2) is 43.1 Å². The number of hydrogen-bond donors (Lipinski definition) is 2. The van der Waals surface area contributed by atoms with Crippen molar-refractivity contribution in [2.45, 2.75) is 18.9 Å². The fourth-order valence-corrected chi connectivity index (χ4v) is 3.08. The van der Waals surface area contributed by atoms with Gasteiger partial charge in [-0.1, -0.05) is 0 Å². The van der Waals surface area contributed by atoms with E-state index in [1.54, 1.807) is 6.07 Å². The van der Waals surface area contributed by atoms with Gasteiger partial charge in [0.2, 0.25) is 10.0 Å². The number of nitrogens with one attached hydrogen (secondary N) is 1. The van der Waals surface area contributed by atoms with Crippen molar-refractivity contribution in [1.82, 2.24) is 9.29 Å². The van der Waals surface area contributed by atoms with Crippen LogP contribution in [0.5, 0.6) is 0 Å². The maximum Gasteiger partial charge on any atom is 0.211 e. The van der Waals surface area contributed by atoms with Crippen molar-refractivity contribution in [2.75, 3.05) is 30.4 Å². The van der Waals surface area contributed by atoms with Gasteiger partial charge in [0.25, 0.3) is 0 Å².